The highest BCUT2D eigenvalue weighted by molar-refractivity contribution is 7.89. The number of rotatable bonds is 8. The van der Waals surface area contributed by atoms with Gasteiger partial charge in [-0.3, -0.25) is 9.59 Å². The van der Waals surface area contributed by atoms with Crippen molar-refractivity contribution in [3.8, 4) is 6.07 Å². The molecule has 1 aliphatic rings. The van der Waals surface area contributed by atoms with E-state index in [1.165, 1.54) is 31.3 Å². The molecule has 31 heavy (non-hydrogen) atoms. The highest BCUT2D eigenvalue weighted by Gasteiger charge is 2.29. The maximum Gasteiger partial charge on any atom is 0.243 e. The van der Waals surface area contributed by atoms with Gasteiger partial charge in [-0.1, -0.05) is 12.1 Å². The van der Waals surface area contributed by atoms with Gasteiger partial charge in [-0.05, 0) is 61.7 Å². The lowest BCUT2D eigenvalue weighted by atomic mass is 10.1. The summed E-state index contributed by atoms with van der Waals surface area (Å²) >= 11 is 0. The van der Waals surface area contributed by atoms with E-state index in [2.05, 4.69) is 10.6 Å². The molecule has 0 aromatic heterocycles. The molecule has 8 nitrogen and oxygen atoms in total. The van der Waals surface area contributed by atoms with Crippen molar-refractivity contribution in [3.05, 3.63) is 59.7 Å². The third-order valence-electron chi connectivity index (χ3n) is 5.06. The summed E-state index contributed by atoms with van der Waals surface area (Å²) in [5.41, 5.74) is 1.88. The molecule has 0 bridgehead atoms. The number of nitriles is 1. The molecule has 1 saturated carbocycles. The van der Waals surface area contributed by atoms with Crippen LogP contribution in [0.4, 0.5) is 5.69 Å². The first-order chi connectivity index (χ1) is 14.7. The summed E-state index contributed by atoms with van der Waals surface area (Å²) in [6.45, 7) is 1.45. The molecule has 0 radical (unpaired) electrons. The first-order valence-corrected chi connectivity index (χ1v) is 11.3. The Balaban J connectivity index is 1.56. The van der Waals surface area contributed by atoms with Crippen molar-refractivity contribution >= 4 is 27.5 Å². The first-order valence-electron chi connectivity index (χ1n) is 9.87. The molecule has 162 valence electrons. The number of sulfonamides is 1. The van der Waals surface area contributed by atoms with Crippen LogP contribution in [0.5, 0.6) is 0 Å². The van der Waals surface area contributed by atoms with E-state index in [4.69, 9.17) is 5.26 Å². The van der Waals surface area contributed by atoms with Crippen LogP contribution in [0, 0.1) is 17.2 Å². The second-order valence-corrected chi connectivity index (χ2v) is 9.62. The number of likely N-dealkylation sites (N-methyl/N-ethyl adjacent to an activating group) is 1. The van der Waals surface area contributed by atoms with Gasteiger partial charge in [0.1, 0.15) is 0 Å². The molecule has 0 aliphatic heterocycles. The zero-order chi connectivity index (χ0) is 22.6. The molecule has 2 aromatic rings. The average molecular weight is 441 g/mol. The fourth-order valence-corrected chi connectivity index (χ4v) is 4.11. The molecule has 1 aliphatic carbocycles. The number of carbonyl (C=O) groups excluding carboxylic acids is 2. The monoisotopic (exact) mass is 440 g/mol. The van der Waals surface area contributed by atoms with Crippen LogP contribution >= 0.6 is 0 Å². The molecule has 1 atom stereocenters. The van der Waals surface area contributed by atoms with Crippen molar-refractivity contribution in [2.24, 2.45) is 5.92 Å². The topological polar surface area (TPSA) is 119 Å². The van der Waals surface area contributed by atoms with Crippen molar-refractivity contribution in [1.29, 1.82) is 5.26 Å². The number of nitrogens with zero attached hydrogens (tertiary/aromatic N) is 2. The quantitative estimate of drug-likeness (QED) is 0.653. The third kappa shape index (κ3) is 5.69. The third-order valence-corrected chi connectivity index (χ3v) is 6.88. The Morgan fingerprint density at radius 1 is 1.13 bits per heavy atom. The molecule has 3 rings (SSSR count). The Labute approximate surface area is 181 Å². The van der Waals surface area contributed by atoms with Crippen molar-refractivity contribution in [1.82, 2.24) is 9.62 Å². The minimum Gasteiger partial charge on any atom is -0.348 e. The zero-order valence-corrected chi connectivity index (χ0v) is 18.1. The van der Waals surface area contributed by atoms with Crippen molar-refractivity contribution in [2.75, 3.05) is 18.9 Å². The van der Waals surface area contributed by atoms with Crippen LogP contribution in [0.3, 0.4) is 0 Å². The van der Waals surface area contributed by atoms with Gasteiger partial charge in [0.05, 0.1) is 29.1 Å². The molecule has 1 fully saturated rings. The summed E-state index contributed by atoms with van der Waals surface area (Å²) in [7, 11) is -2.53. The molecule has 0 saturated heterocycles. The van der Waals surface area contributed by atoms with Crippen molar-refractivity contribution in [2.45, 2.75) is 30.7 Å². The lowest BCUT2D eigenvalue weighted by Crippen LogP contribution is -2.39. The van der Waals surface area contributed by atoms with Gasteiger partial charge in [0.15, 0.2) is 0 Å². The van der Waals surface area contributed by atoms with Crippen LogP contribution in [0.15, 0.2) is 53.4 Å². The van der Waals surface area contributed by atoms with E-state index in [9.17, 15) is 18.0 Å². The number of carbonyl (C=O) groups is 2. The second-order valence-electron chi connectivity index (χ2n) is 7.57. The summed E-state index contributed by atoms with van der Waals surface area (Å²) in [6, 6.07) is 14.3. The Bertz CT molecular complexity index is 1100. The lowest BCUT2D eigenvalue weighted by molar-refractivity contribution is -0.121. The van der Waals surface area contributed by atoms with Crippen molar-refractivity contribution < 1.29 is 18.0 Å². The van der Waals surface area contributed by atoms with Crippen LogP contribution < -0.4 is 10.6 Å². The minimum absolute atomic E-state index is 0.0127. The Kier molecular flexibility index (Phi) is 6.73. The van der Waals surface area contributed by atoms with E-state index < -0.39 is 15.9 Å². The number of nitrogens with one attached hydrogen (secondary N) is 2. The fraction of sp³-hybridized carbons (Fsp3) is 0.318. The van der Waals surface area contributed by atoms with E-state index in [-0.39, 0.29) is 29.3 Å². The summed E-state index contributed by atoms with van der Waals surface area (Å²) in [5, 5.41) is 14.5. The van der Waals surface area contributed by atoms with Crippen LogP contribution in [0.1, 0.15) is 36.9 Å². The zero-order valence-electron chi connectivity index (χ0n) is 17.3. The normalized spacial score (nSPS) is 14.5. The highest BCUT2D eigenvalue weighted by Crippen LogP contribution is 2.30. The summed E-state index contributed by atoms with van der Waals surface area (Å²) in [6.07, 6.45) is 1.87. The molecule has 2 N–H and O–H groups in total. The van der Waals surface area contributed by atoms with Gasteiger partial charge in [-0.2, -0.15) is 9.57 Å². The fourth-order valence-electron chi connectivity index (χ4n) is 2.98. The number of benzene rings is 2. The van der Waals surface area contributed by atoms with Crippen LogP contribution in [-0.2, 0) is 19.6 Å². The van der Waals surface area contributed by atoms with E-state index in [1.807, 2.05) is 18.2 Å². The molecule has 1 unspecified atom stereocenters. The Morgan fingerprint density at radius 2 is 1.74 bits per heavy atom. The van der Waals surface area contributed by atoms with Crippen LogP contribution in [0.2, 0.25) is 0 Å². The minimum atomic E-state index is -3.86. The van der Waals surface area contributed by atoms with Gasteiger partial charge in [0.25, 0.3) is 0 Å². The first kappa shape index (κ1) is 22.5. The number of amides is 2. The Morgan fingerprint density at radius 3 is 2.29 bits per heavy atom. The van der Waals surface area contributed by atoms with E-state index in [0.717, 1.165) is 22.7 Å². The predicted octanol–water partition coefficient (Wildman–Crippen LogP) is 2.40. The average Bonchev–Trinajstić information content (AvgIpc) is 3.59. The molecule has 0 spiro atoms. The van der Waals surface area contributed by atoms with Gasteiger partial charge in [-0.25, -0.2) is 8.42 Å². The smallest absolute Gasteiger partial charge is 0.243 e. The van der Waals surface area contributed by atoms with E-state index in [1.54, 1.807) is 19.1 Å². The number of hydrogen-bond acceptors (Lipinski definition) is 5. The SMILES string of the molecule is CC(NC(=O)CN(C)S(=O)(=O)c1ccc(C#N)cc1)c1ccc(NC(=O)C2CC2)cc1. The summed E-state index contributed by atoms with van der Waals surface area (Å²) in [4.78, 5) is 24.2. The standard InChI is InChI=1S/C22H24N4O4S/c1-15(17-7-9-19(10-8-17)25-22(28)18-5-6-18)24-21(27)14-26(2)31(29,30)20-11-3-16(13-23)4-12-20/h3-4,7-12,15,18H,5-6,14H2,1-2H3,(H,24,27)(H,25,28). The van der Waals surface area contributed by atoms with Gasteiger partial charge < -0.3 is 10.6 Å². The largest absolute Gasteiger partial charge is 0.348 e. The molecular formula is C22H24N4O4S. The molecular weight excluding hydrogens is 416 g/mol. The van der Waals surface area contributed by atoms with Crippen LogP contribution in [0.25, 0.3) is 0 Å². The molecule has 2 amide bonds. The maximum absolute atomic E-state index is 12.6. The van der Waals surface area contributed by atoms with E-state index >= 15 is 0 Å². The predicted molar refractivity (Wildman–Crippen MR) is 115 cm³/mol. The summed E-state index contributed by atoms with van der Waals surface area (Å²) in [5.74, 6) is -0.297. The van der Waals surface area contributed by atoms with Gasteiger partial charge in [0.2, 0.25) is 21.8 Å². The van der Waals surface area contributed by atoms with Crippen molar-refractivity contribution in [3.63, 3.8) is 0 Å². The molecule has 0 heterocycles. The maximum atomic E-state index is 12.6. The van der Waals surface area contributed by atoms with E-state index in [0.29, 0.717) is 11.3 Å². The Hall–Kier alpha value is -3.22. The van der Waals surface area contributed by atoms with Gasteiger partial charge in [0, 0.05) is 18.7 Å². The van der Waals surface area contributed by atoms with Gasteiger partial charge >= 0.3 is 0 Å². The number of anilines is 1. The van der Waals surface area contributed by atoms with Gasteiger partial charge in [-0.15, -0.1) is 0 Å². The lowest BCUT2D eigenvalue weighted by Gasteiger charge is -2.19. The second kappa shape index (κ2) is 9.29. The summed E-state index contributed by atoms with van der Waals surface area (Å²) < 4.78 is 26.2. The number of hydrogen-bond donors (Lipinski definition) is 2. The van der Waals surface area contributed by atoms with Crippen LogP contribution in [-0.4, -0.2) is 38.1 Å². The molecule has 9 heteroatoms. The molecule has 2 aromatic carbocycles. The highest BCUT2D eigenvalue weighted by atomic mass is 32.2.